The molecule has 0 fully saturated rings. The van der Waals surface area contributed by atoms with E-state index < -0.39 is 5.97 Å². The quantitative estimate of drug-likeness (QED) is 0.916. The predicted octanol–water partition coefficient (Wildman–Crippen LogP) is 2.15. The van der Waals surface area contributed by atoms with E-state index in [4.69, 9.17) is 15.1 Å². The largest absolute Gasteiger partial charge is 0.477 e. The highest BCUT2D eigenvalue weighted by Gasteiger charge is 2.16. The second-order valence-electron chi connectivity index (χ2n) is 3.55. The molecule has 2 aromatic heterocycles. The molecular weight excluding hydrogens is 254 g/mol. The molecule has 0 atom stereocenters. The summed E-state index contributed by atoms with van der Waals surface area (Å²) in [4.78, 5) is 10.9. The van der Waals surface area contributed by atoms with E-state index in [0.717, 1.165) is 11.3 Å². The van der Waals surface area contributed by atoms with Crippen molar-refractivity contribution in [2.45, 2.75) is 6.92 Å². The van der Waals surface area contributed by atoms with Crippen LogP contribution in [0.5, 0.6) is 11.6 Å². The smallest absolute Gasteiger partial charge is 0.346 e. The Balaban J connectivity index is 2.34. The third-order valence-electron chi connectivity index (χ3n) is 2.28. The van der Waals surface area contributed by atoms with Crippen LogP contribution in [0.25, 0.3) is 0 Å². The molecule has 0 saturated carbocycles. The zero-order valence-corrected chi connectivity index (χ0v) is 10.5. The Hall–Kier alpha value is -2.33. The number of aromatic carboxylic acids is 1. The summed E-state index contributed by atoms with van der Waals surface area (Å²) in [6, 6.07) is 3.43. The second-order valence-corrected chi connectivity index (χ2v) is 4.47. The van der Waals surface area contributed by atoms with Gasteiger partial charge < -0.3 is 9.84 Å². The van der Waals surface area contributed by atoms with Crippen LogP contribution in [0.3, 0.4) is 0 Å². The van der Waals surface area contributed by atoms with Gasteiger partial charge in [0, 0.05) is 18.5 Å². The van der Waals surface area contributed by atoms with E-state index >= 15 is 0 Å². The number of hydrogen-bond donors (Lipinski definition) is 1. The van der Waals surface area contributed by atoms with E-state index in [9.17, 15) is 4.79 Å². The van der Waals surface area contributed by atoms with Crippen molar-refractivity contribution in [3.63, 3.8) is 0 Å². The van der Waals surface area contributed by atoms with Crippen LogP contribution in [0.2, 0.25) is 0 Å². The van der Waals surface area contributed by atoms with Crippen molar-refractivity contribution in [3.05, 3.63) is 27.6 Å². The molecule has 92 valence electrons. The number of carbonyl (C=O) groups is 1. The molecule has 6 nitrogen and oxygen atoms in total. The maximum atomic E-state index is 10.7. The van der Waals surface area contributed by atoms with Gasteiger partial charge in [0.25, 0.3) is 0 Å². The van der Waals surface area contributed by atoms with Gasteiger partial charge in [-0.15, -0.1) is 11.3 Å². The summed E-state index contributed by atoms with van der Waals surface area (Å²) >= 11 is 1.07. The zero-order valence-electron chi connectivity index (χ0n) is 9.67. The molecule has 0 aliphatic heterocycles. The van der Waals surface area contributed by atoms with Crippen molar-refractivity contribution >= 4 is 17.3 Å². The van der Waals surface area contributed by atoms with Gasteiger partial charge in [-0.25, -0.2) is 9.48 Å². The lowest BCUT2D eigenvalue weighted by atomic mass is 10.3. The molecule has 0 amide bonds. The van der Waals surface area contributed by atoms with Crippen LogP contribution in [0, 0.1) is 18.3 Å². The highest BCUT2D eigenvalue weighted by Crippen LogP contribution is 2.29. The van der Waals surface area contributed by atoms with Crippen molar-refractivity contribution in [1.82, 2.24) is 9.78 Å². The number of thiophene rings is 1. The number of carboxylic acid groups (broad SMARTS) is 1. The molecule has 0 radical (unpaired) electrons. The van der Waals surface area contributed by atoms with Crippen LogP contribution in [0.4, 0.5) is 0 Å². The van der Waals surface area contributed by atoms with E-state index in [1.165, 1.54) is 10.7 Å². The molecule has 0 aliphatic carbocycles. The fraction of sp³-hybridized carbons (Fsp3) is 0.182. The molecule has 18 heavy (non-hydrogen) atoms. The first-order valence-corrected chi connectivity index (χ1v) is 5.84. The molecule has 2 rings (SSSR count). The molecule has 0 aliphatic rings. The lowest BCUT2D eigenvalue weighted by Crippen LogP contribution is -1.95. The number of aromatic nitrogens is 2. The molecular formula is C11H9N3O3S. The Morgan fingerprint density at radius 3 is 2.94 bits per heavy atom. The number of rotatable bonds is 3. The highest BCUT2D eigenvalue weighted by atomic mass is 32.1. The monoisotopic (exact) mass is 263 g/mol. The molecule has 2 heterocycles. The Morgan fingerprint density at radius 1 is 1.67 bits per heavy atom. The van der Waals surface area contributed by atoms with Crippen molar-refractivity contribution in [2.75, 3.05) is 0 Å². The highest BCUT2D eigenvalue weighted by molar-refractivity contribution is 7.12. The van der Waals surface area contributed by atoms with Crippen molar-refractivity contribution in [1.29, 1.82) is 5.26 Å². The summed E-state index contributed by atoms with van der Waals surface area (Å²) in [5.41, 5.74) is 0.921. The number of nitriles is 1. The average Bonchev–Trinajstić information content (AvgIpc) is 2.86. The minimum absolute atomic E-state index is 0.183. The number of aryl methyl sites for hydroxylation is 2. The first kappa shape index (κ1) is 12.1. The van der Waals surface area contributed by atoms with E-state index in [-0.39, 0.29) is 4.88 Å². The molecule has 0 bridgehead atoms. The van der Waals surface area contributed by atoms with Gasteiger partial charge in [-0.1, -0.05) is 0 Å². The van der Waals surface area contributed by atoms with Gasteiger partial charge in [0.15, 0.2) is 0 Å². The van der Waals surface area contributed by atoms with Crippen LogP contribution < -0.4 is 4.74 Å². The molecule has 0 aromatic carbocycles. The third kappa shape index (κ3) is 2.06. The average molecular weight is 263 g/mol. The Labute approximate surface area is 107 Å². The molecule has 0 unspecified atom stereocenters. The van der Waals surface area contributed by atoms with E-state index in [1.807, 2.05) is 6.07 Å². The summed E-state index contributed by atoms with van der Waals surface area (Å²) in [7, 11) is 1.66. The van der Waals surface area contributed by atoms with Crippen molar-refractivity contribution < 1.29 is 14.6 Å². The fourth-order valence-corrected chi connectivity index (χ4v) is 2.12. The standard InChI is InChI=1S/C11H9N3O3S/c1-6-8(4-12)10(14(2)13-6)17-7-3-9(11(15)16)18-5-7/h3,5H,1-2H3,(H,15,16). The Bertz CT molecular complexity index is 651. The van der Waals surface area contributed by atoms with Crippen LogP contribution in [0.1, 0.15) is 20.9 Å². The number of nitrogens with zero attached hydrogens (tertiary/aromatic N) is 3. The van der Waals surface area contributed by atoms with Crippen molar-refractivity contribution in [2.24, 2.45) is 7.05 Å². The number of ether oxygens (including phenoxy) is 1. The second kappa shape index (κ2) is 4.50. The first-order valence-electron chi connectivity index (χ1n) is 4.96. The third-order valence-corrected chi connectivity index (χ3v) is 3.18. The van der Waals surface area contributed by atoms with E-state index in [2.05, 4.69) is 5.10 Å². The topological polar surface area (TPSA) is 88.1 Å². The number of carboxylic acids is 1. The van der Waals surface area contributed by atoms with Gasteiger partial charge in [-0.2, -0.15) is 10.4 Å². The van der Waals surface area contributed by atoms with Gasteiger partial charge in [0.05, 0.1) is 5.69 Å². The summed E-state index contributed by atoms with van der Waals surface area (Å²) in [6.07, 6.45) is 0. The first-order chi connectivity index (χ1) is 8.52. The van der Waals surface area contributed by atoms with Gasteiger partial charge in [0.2, 0.25) is 5.88 Å². The summed E-state index contributed by atoms with van der Waals surface area (Å²) in [6.45, 7) is 1.71. The van der Waals surface area contributed by atoms with Gasteiger partial charge in [-0.3, -0.25) is 0 Å². The summed E-state index contributed by atoms with van der Waals surface area (Å²) < 4.78 is 6.96. The molecule has 0 saturated heterocycles. The summed E-state index contributed by atoms with van der Waals surface area (Å²) in [5.74, 6) is -0.307. The normalized spacial score (nSPS) is 10.1. The minimum atomic E-state index is -1.00. The lowest BCUT2D eigenvalue weighted by molar-refractivity contribution is 0.0702. The minimum Gasteiger partial charge on any atom is -0.477 e. The van der Waals surface area contributed by atoms with Gasteiger partial charge in [0.1, 0.15) is 22.3 Å². The van der Waals surface area contributed by atoms with Gasteiger partial charge in [-0.05, 0) is 6.92 Å². The van der Waals surface area contributed by atoms with Crippen LogP contribution in [-0.4, -0.2) is 20.9 Å². The molecule has 2 aromatic rings. The van der Waals surface area contributed by atoms with E-state index in [0.29, 0.717) is 22.9 Å². The summed E-state index contributed by atoms with van der Waals surface area (Å²) in [5, 5.41) is 23.5. The van der Waals surface area contributed by atoms with Gasteiger partial charge >= 0.3 is 5.97 Å². The molecule has 0 spiro atoms. The maximum absolute atomic E-state index is 10.7. The van der Waals surface area contributed by atoms with Crippen molar-refractivity contribution in [3.8, 4) is 17.7 Å². The molecule has 7 heteroatoms. The Kier molecular flexibility index (Phi) is 3.04. The van der Waals surface area contributed by atoms with Crippen LogP contribution in [0.15, 0.2) is 11.4 Å². The van der Waals surface area contributed by atoms with E-state index in [1.54, 1.807) is 19.4 Å². The zero-order chi connectivity index (χ0) is 13.3. The Morgan fingerprint density at radius 2 is 2.39 bits per heavy atom. The fourth-order valence-electron chi connectivity index (χ4n) is 1.48. The van der Waals surface area contributed by atoms with Crippen LogP contribution in [-0.2, 0) is 7.05 Å². The molecule has 1 N–H and O–H groups in total. The number of hydrogen-bond acceptors (Lipinski definition) is 5. The predicted molar refractivity (Wildman–Crippen MR) is 64.0 cm³/mol. The lowest BCUT2D eigenvalue weighted by Gasteiger charge is -2.02. The SMILES string of the molecule is Cc1nn(C)c(Oc2csc(C(=O)O)c2)c1C#N. The van der Waals surface area contributed by atoms with Crippen LogP contribution >= 0.6 is 11.3 Å². The maximum Gasteiger partial charge on any atom is 0.346 e.